The van der Waals surface area contributed by atoms with E-state index in [4.69, 9.17) is 5.73 Å². The Hall–Kier alpha value is -1.18. The maximum absolute atomic E-state index is 13.6. The van der Waals surface area contributed by atoms with Crippen LogP contribution >= 0.6 is 23.1 Å². The molecule has 1 aromatic heterocycles. The fourth-order valence-corrected chi connectivity index (χ4v) is 4.07. The quantitative estimate of drug-likeness (QED) is 0.940. The minimum atomic E-state index is -0.226. The van der Waals surface area contributed by atoms with E-state index in [9.17, 15) is 4.39 Å². The van der Waals surface area contributed by atoms with Gasteiger partial charge in [0.25, 0.3) is 0 Å². The van der Waals surface area contributed by atoms with Crippen molar-refractivity contribution in [1.82, 2.24) is 10.2 Å². The third kappa shape index (κ3) is 3.53. The van der Waals surface area contributed by atoms with E-state index in [1.165, 1.54) is 29.2 Å². The summed E-state index contributed by atoms with van der Waals surface area (Å²) >= 11 is 2.82. The SMILES string of the molecule is CC1(N)CCN(c2nnc(Sc3ccccc3F)s2)CC1. The molecule has 2 heterocycles. The van der Waals surface area contributed by atoms with Gasteiger partial charge in [0.05, 0.1) is 4.90 Å². The highest BCUT2D eigenvalue weighted by atomic mass is 32.2. The molecule has 4 nitrogen and oxygen atoms in total. The van der Waals surface area contributed by atoms with Crippen LogP contribution in [0, 0.1) is 5.82 Å². The second-order valence-electron chi connectivity index (χ2n) is 5.52. The third-order valence-corrected chi connectivity index (χ3v) is 5.69. The summed E-state index contributed by atoms with van der Waals surface area (Å²) < 4.78 is 14.4. The number of halogens is 1. The maximum Gasteiger partial charge on any atom is 0.209 e. The Morgan fingerprint density at radius 1 is 1.29 bits per heavy atom. The summed E-state index contributed by atoms with van der Waals surface area (Å²) in [7, 11) is 0. The summed E-state index contributed by atoms with van der Waals surface area (Å²) in [6.45, 7) is 3.88. The van der Waals surface area contributed by atoms with Gasteiger partial charge in [-0.25, -0.2) is 4.39 Å². The topological polar surface area (TPSA) is 55.0 Å². The number of hydrogen-bond donors (Lipinski definition) is 1. The molecule has 1 aliphatic heterocycles. The van der Waals surface area contributed by atoms with Crippen LogP contribution in [0.3, 0.4) is 0 Å². The van der Waals surface area contributed by atoms with Gasteiger partial charge in [0.2, 0.25) is 5.13 Å². The van der Waals surface area contributed by atoms with Gasteiger partial charge in [-0.2, -0.15) is 0 Å². The molecule has 21 heavy (non-hydrogen) atoms. The number of nitrogens with zero attached hydrogens (tertiary/aromatic N) is 3. The molecule has 1 aliphatic rings. The largest absolute Gasteiger partial charge is 0.346 e. The van der Waals surface area contributed by atoms with Crippen molar-refractivity contribution >= 4 is 28.2 Å². The molecule has 7 heteroatoms. The second-order valence-corrected chi connectivity index (χ2v) is 7.77. The number of anilines is 1. The van der Waals surface area contributed by atoms with Crippen LogP contribution in [0.2, 0.25) is 0 Å². The number of hydrogen-bond acceptors (Lipinski definition) is 6. The molecule has 0 radical (unpaired) electrons. The molecule has 0 bridgehead atoms. The molecule has 112 valence electrons. The van der Waals surface area contributed by atoms with Gasteiger partial charge in [0.15, 0.2) is 4.34 Å². The summed E-state index contributed by atoms with van der Waals surface area (Å²) in [5, 5.41) is 9.27. The van der Waals surface area contributed by atoms with E-state index in [0.29, 0.717) is 4.90 Å². The van der Waals surface area contributed by atoms with Gasteiger partial charge in [0, 0.05) is 18.6 Å². The monoisotopic (exact) mass is 324 g/mol. The van der Waals surface area contributed by atoms with E-state index in [-0.39, 0.29) is 11.4 Å². The van der Waals surface area contributed by atoms with Crippen molar-refractivity contribution in [2.24, 2.45) is 5.73 Å². The summed E-state index contributed by atoms with van der Waals surface area (Å²) in [6.07, 6.45) is 1.89. The average Bonchev–Trinajstić information content (AvgIpc) is 2.90. The third-order valence-electron chi connectivity index (χ3n) is 3.61. The van der Waals surface area contributed by atoms with Crippen LogP contribution in [-0.4, -0.2) is 28.8 Å². The van der Waals surface area contributed by atoms with Gasteiger partial charge in [-0.3, -0.25) is 0 Å². The molecule has 0 spiro atoms. The van der Waals surface area contributed by atoms with E-state index in [2.05, 4.69) is 22.0 Å². The zero-order chi connectivity index (χ0) is 14.9. The van der Waals surface area contributed by atoms with Crippen LogP contribution in [0.1, 0.15) is 19.8 Å². The molecular weight excluding hydrogens is 307 g/mol. The van der Waals surface area contributed by atoms with Crippen LogP contribution in [0.25, 0.3) is 0 Å². The van der Waals surface area contributed by atoms with E-state index in [1.54, 1.807) is 12.1 Å². The molecular formula is C14H17FN4S2. The van der Waals surface area contributed by atoms with Crippen molar-refractivity contribution < 1.29 is 4.39 Å². The molecule has 0 unspecified atom stereocenters. The summed E-state index contributed by atoms with van der Waals surface area (Å²) in [5.41, 5.74) is 6.06. The predicted octanol–water partition coefficient (Wildman–Crippen LogP) is 3.15. The Bertz CT molecular complexity index is 619. The lowest BCUT2D eigenvalue weighted by atomic mass is 9.91. The highest BCUT2D eigenvalue weighted by molar-refractivity contribution is 8.01. The Morgan fingerprint density at radius 3 is 2.71 bits per heavy atom. The lowest BCUT2D eigenvalue weighted by molar-refractivity contribution is 0.364. The van der Waals surface area contributed by atoms with E-state index in [1.807, 2.05) is 6.07 Å². The molecule has 1 aromatic carbocycles. The lowest BCUT2D eigenvalue weighted by Crippen LogP contribution is -2.48. The number of benzene rings is 1. The van der Waals surface area contributed by atoms with Gasteiger partial charge in [-0.1, -0.05) is 35.2 Å². The summed E-state index contributed by atoms with van der Waals surface area (Å²) in [6, 6.07) is 6.71. The molecule has 3 rings (SSSR count). The molecule has 0 amide bonds. The first-order chi connectivity index (χ1) is 10.0. The van der Waals surface area contributed by atoms with Crippen LogP contribution in [0.5, 0.6) is 0 Å². The first-order valence-corrected chi connectivity index (χ1v) is 8.46. The molecule has 1 fully saturated rings. The van der Waals surface area contributed by atoms with E-state index < -0.39 is 0 Å². The van der Waals surface area contributed by atoms with Crippen LogP contribution < -0.4 is 10.6 Å². The zero-order valence-electron chi connectivity index (χ0n) is 11.8. The van der Waals surface area contributed by atoms with Crippen LogP contribution in [0.4, 0.5) is 9.52 Å². The molecule has 0 saturated carbocycles. The summed E-state index contributed by atoms with van der Waals surface area (Å²) in [4.78, 5) is 2.78. The number of aromatic nitrogens is 2. The standard InChI is InChI=1S/C14H17FN4S2/c1-14(16)6-8-19(9-7-14)12-17-18-13(21-12)20-11-5-3-2-4-10(11)15/h2-5H,6-9,16H2,1H3. The average molecular weight is 324 g/mol. The van der Waals surface area contributed by atoms with Gasteiger partial charge >= 0.3 is 0 Å². The Kier molecular flexibility index (Phi) is 4.14. The molecule has 0 atom stereocenters. The predicted molar refractivity (Wildman–Crippen MR) is 84.5 cm³/mol. The highest BCUT2D eigenvalue weighted by Crippen LogP contribution is 2.35. The fourth-order valence-electron chi connectivity index (χ4n) is 2.20. The maximum atomic E-state index is 13.6. The van der Waals surface area contributed by atoms with Crippen molar-refractivity contribution in [3.8, 4) is 0 Å². The lowest BCUT2D eigenvalue weighted by Gasteiger charge is -2.36. The van der Waals surface area contributed by atoms with E-state index in [0.717, 1.165) is 35.4 Å². The van der Waals surface area contributed by atoms with Crippen molar-refractivity contribution in [2.45, 2.75) is 34.5 Å². The van der Waals surface area contributed by atoms with Crippen molar-refractivity contribution in [3.63, 3.8) is 0 Å². The van der Waals surface area contributed by atoms with Crippen LogP contribution in [-0.2, 0) is 0 Å². The normalized spacial score (nSPS) is 18.0. The first-order valence-electron chi connectivity index (χ1n) is 6.83. The minimum absolute atomic E-state index is 0.0774. The van der Waals surface area contributed by atoms with Crippen molar-refractivity contribution in [3.05, 3.63) is 30.1 Å². The number of nitrogens with two attached hydrogens (primary N) is 1. The van der Waals surface area contributed by atoms with Gasteiger partial charge in [-0.15, -0.1) is 10.2 Å². The van der Waals surface area contributed by atoms with E-state index >= 15 is 0 Å². The Balaban J connectivity index is 1.68. The molecule has 0 aliphatic carbocycles. The Morgan fingerprint density at radius 2 is 2.00 bits per heavy atom. The molecule has 2 N–H and O–H groups in total. The van der Waals surface area contributed by atoms with Gasteiger partial charge in [0.1, 0.15) is 5.82 Å². The van der Waals surface area contributed by atoms with Crippen LogP contribution in [0.15, 0.2) is 33.5 Å². The molecule has 1 saturated heterocycles. The Labute approximate surface area is 131 Å². The number of piperidine rings is 1. The summed E-state index contributed by atoms with van der Waals surface area (Å²) in [5.74, 6) is -0.226. The minimum Gasteiger partial charge on any atom is -0.346 e. The number of rotatable bonds is 3. The second kappa shape index (κ2) is 5.90. The van der Waals surface area contributed by atoms with Gasteiger partial charge in [-0.05, 0) is 31.9 Å². The zero-order valence-corrected chi connectivity index (χ0v) is 13.4. The van der Waals surface area contributed by atoms with Gasteiger partial charge < -0.3 is 10.6 Å². The smallest absolute Gasteiger partial charge is 0.209 e. The van der Waals surface area contributed by atoms with Crippen molar-refractivity contribution in [1.29, 1.82) is 0 Å². The molecule has 2 aromatic rings. The first kappa shape index (κ1) is 14.7. The highest BCUT2D eigenvalue weighted by Gasteiger charge is 2.27. The van der Waals surface area contributed by atoms with Crippen molar-refractivity contribution in [2.75, 3.05) is 18.0 Å². The fraction of sp³-hybridized carbons (Fsp3) is 0.429.